The number of halogens is 2. The fourth-order valence-electron chi connectivity index (χ4n) is 4.68. The van der Waals surface area contributed by atoms with E-state index in [1.165, 1.54) is 43.1 Å². The number of hydrogen-bond donors (Lipinski definition) is 4. The van der Waals surface area contributed by atoms with E-state index >= 15 is 4.39 Å². The average molecular weight is 632 g/mol. The van der Waals surface area contributed by atoms with Crippen LogP contribution >= 0.6 is 0 Å². The molecule has 0 atom stereocenters. The van der Waals surface area contributed by atoms with Gasteiger partial charge >= 0.3 is 0 Å². The van der Waals surface area contributed by atoms with Gasteiger partial charge < -0.3 is 10.3 Å². The molecule has 0 unspecified atom stereocenters. The van der Waals surface area contributed by atoms with Gasteiger partial charge in [0.1, 0.15) is 17.2 Å². The largest absolute Gasteiger partial charge is 0.335 e. The molecule has 230 valence electrons. The molecule has 12 nitrogen and oxygen atoms in total. The number of pyridine rings is 3. The Balaban J connectivity index is 1.40. The molecule has 15 heteroatoms. The van der Waals surface area contributed by atoms with Crippen molar-refractivity contribution < 1.29 is 22.0 Å². The van der Waals surface area contributed by atoms with Crippen molar-refractivity contribution in [2.24, 2.45) is 5.41 Å². The lowest BCUT2D eigenvalue weighted by molar-refractivity contribution is -0.123. The third-order valence-electron chi connectivity index (χ3n) is 6.92. The fourth-order valence-corrected chi connectivity index (χ4v) is 5.11. The maximum atomic E-state index is 16.2. The second-order valence-electron chi connectivity index (χ2n) is 11.6. The zero-order valence-corrected chi connectivity index (χ0v) is 25.3. The number of benzene rings is 1. The van der Waals surface area contributed by atoms with Crippen molar-refractivity contribution in [2.75, 3.05) is 11.6 Å². The number of aromatic amines is 2. The lowest BCUT2D eigenvalue weighted by Crippen LogP contribution is -2.27. The molecule has 0 saturated carbocycles. The first-order valence-corrected chi connectivity index (χ1v) is 15.5. The summed E-state index contributed by atoms with van der Waals surface area (Å²) in [7, 11) is -3.49. The Morgan fingerprint density at radius 3 is 2.47 bits per heavy atom. The molecule has 0 aliphatic carbocycles. The van der Waals surface area contributed by atoms with Crippen molar-refractivity contribution in [3.63, 3.8) is 0 Å². The zero-order chi connectivity index (χ0) is 32.1. The number of rotatable bonds is 7. The molecule has 0 radical (unpaired) electrons. The number of hydrogen-bond acceptors (Lipinski definition) is 8. The fraction of sp³-hybridized carbons (Fsp3) is 0.200. The van der Waals surface area contributed by atoms with Crippen LogP contribution in [0.5, 0.6) is 0 Å². The van der Waals surface area contributed by atoms with Gasteiger partial charge in [-0.25, -0.2) is 26.9 Å². The van der Waals surface area contributed by atoms with Crippen LogP contribution in [-0.2, 0) is 21.4 Å². The third-order valence-corrected chi connectivity index (χ3v) is 7.59. The molecular weight excluding hydrogens is 604 g/mol. The number of amides is 1. The Bertz CT molecular complexity index is 2220. The Hall–Kier alpha value is -5.15. The standard InChI is InChI=1S/C30H27F2N9O3S/c1-30(2,3)29(42)37-19-8-17(10-33-11-19)25-24(32)23-21(14-35-25)40-41-27(23)28-38-22-13-34-12-20(26(22)39-28)16-5-15(6-18(31)7-16)9-36-45(4,43)44/h5-8,10-14,36H,9H2,1-4H3,(H,37,42)(H,38,39)(H,40,41). The SMILES string of the molecule is CC(C)(C)C(=O)Nc1cncc(-c2ncc3[nH]nc(-c4nc5c(-c6cc(F)cc(CNS(C)(=O)=O)c6)cncc5[nH]4)c3c2F)c1. The van der Waals surface area contributed by atoms with Crippen molar-refractivity contribution in [2.45, 2.75) is 27.3 Å². The first-order valence-electron chi connectivity index (χ1n) is 13.6. The smallest absolute Gasteiger partial charge is 0.229 e. The number of aromatic nitrogens is 7. The summed E-state index contributed by atoms with van der Waals surface area (Å²) in [5.41, 5.74) is 2.80. The van der Waals surface area contributed by atoms with E-state index in [1.54, 1.807) is 32.9 Å². The van der Waals surface area contributed by atoms with Gasteiger partial charge in [0.15, 0.2) is 11.6 Å². The van der Waals surface area contributed by atoms with Crippen molar-refractivity contribution in [1.29, 1.82) is 0 Å². The van der Waals surface area contributed by atoms with Gasteiger partial charge in [0, 0.05) is 35.5 Å². The summed E-state index contributed by atoms with van der Waals surface area (Å²) in [5, 5.41) is 10.00. The first kappa shape index (κ1) is 29.9. The lowest BCUT2D eigenvalue weighted by Gasteiger charge is -2.17. The van der Waals surface area contributed by atoms with Crippen molar-refractivity contribution in [3.8, 4) is 33.9 Å². The maximum absolute atomic E-state index is 16.2. The number of sulfonamides is 1. The molecule has 45 heavy (non-hydrogen) atoms. The maximum Gasteiger partial charge on any atom is 0.229 e. The van der Waals surface area contributed by atoms with Crippen LogP contribution in [0, 0.1) is 17.0 Å². The first-order chi connectivity index (χ1) is 21.3. The van der Waals surface area contributed by atoms with Gasteiger partial charge in [-0.3, -0.25) is 24.8 Å². The van der Waals surface area contributed by atoms with Crippen LogP contribution < -0.4 is 10.0 Å². The van der Waals surface area contributed by atoms with Crippen molar-refractivity contribution in [3.05, 3.63) is 72.4 Å². The molecule has 0 saturated heterocycles. The van der Waals surface area contributed by atoms with Crippen LogP contribution in [0.3, 0.4) is 0 Å². The van der Waals surface area contributed by atoms with E-state index in [9.17, 15) is 17.6 Å². The molecule has 0 fully saturated rings. The monoisotopic (exact) mass is 631 g/mol. The number of carbonyl (C=O) groups is 1. The van der Waals surface area contributed by atoms with Crippen LogP contribution in [-0.4, -0.2) is 55.7 Å². The summed E-state index contributed by atoms with van der Waals surface area (Å²) in [6.07, 6.45) is 8.42. The van der Waals surface area contributed by atoms with Crippen molar-refractivity contribution in [1.82, 2.24) is 39.8 Å². The Morgan fingerprint density at radius 2 is 1.71 bits per heavy atom. The predicted molar refractivity (Wildman–Crippen MR) is 165 cm³/mol. The highest BCUT2D eigenvalue weighted by Crippen LogP contribution is 2.35. The van der Waals surface area contributed by atoms with Gasteiger partial charge in [-0.05, 0) is 35.4 Å². The number of nitrogens with zero attached hydrogens (tertiary/aromatic N) is 5. The Morgan fingerprint density at radius 1 is 0.933 bits per heavy atom. The zero-order valence-electron chi connectivity index (χ0n) is 24.5. The van der Waals surface area contributed by atoms with Crippen LogP contribution in [0.25, 0.3) is 55.8 Å². The summed E-state index contributed by atoms with van der Waals surface area (Å²) in [5.74, 6) is -1.24. The highest BCUT2D eigenvalue weighted by atomic mass is 32.2. The minimum Gasteiger partial charge on any atom is -0.335 e. The molecule has 6 aromatic rings. The van der Waals surface area contributed by atoms with Crippen LogP contribution in [0.2, 0.25) is 0 Å². The van der Waals surface area contributed by atoms with Gasteiger partial charge in [-0.15, -0.1) is 0 Å². The number of carbonyl (C=O) groups excluding carboxylic acids is 1. The van der Waals surface area contributed by atoms with Gasteiger partial charge in [-0.1, -0.05) is 20.8 Å². The number of fused-ring (bicyclic) bond motifs is 2. The van der Waals surface area contributed by atoms with Crippen LogP contribution in [0.1, 0.15) is 26.3 Å². The van der Waals surface area contributed by atoms with Gasteiger partial charge in [-0.2, -0.15) is 5.10 Å². The van der Waals surface area contributed by atoms with Gasteiger partial charge in [0.25, 0.3) is 0 Å². The molecule has 1 aromatic carbocycles. The summed E-state index contributed by atoms with van der Waals surface area (Å²) >= 11 is 0. The summed E-state index contributed by atoms with van der Waals surface area (Å²) in [6.45, 7) is 5.23. The topological polar surface area (TPSA) is 171 Å². The van der Waals surface area contributed by atoms with E-state index in [1.807, 2.05) is 0 Å². The lowest BCUT2D eigenvalue weighted by atomic mass is 9.95. The second-order valence-corrected chi connectivity index (χ2v) is 13.4. The van der Waals surface area contributed by atoms with Crippen LogP contribution in [0.15, 0.2) is 55.2 Å². The Kier molecular flexibility index (Phi) is 7.37. The van der Waals surface area contributed by atoms with Crippen molar-refractivity contribution >= 4 is 43.6 Å². The van der Waals surface area contributed by atoms with Gasteiger partial charge in [0.2, 0.25) is 15.9 Å². The second kappa shape index (κ2) is 11.1. The van der Waals surface area contributed by atoms with E-state index in [2.05, 4.69) is 45.2 Å². The highest BCUT2D eigenvalue weighted by molar-refractivity contribution is 7.88. The number of H-pyrrole nitrogens is 2. The van der Waals surface area contributed by atoms with E-state index in [4.69, 9.17) is 0 Å². The molecule has 4 N–H and O–H groups in total. The molecule has 1 amide bonds. The minimum atomic E-state index is -3.49. The molecule has 0 aliphatic heterocycles. The molecule has 0 spiro atoms. The molecule has 6 rings (SSSR count). The van der Waals surface area contributed by atoms with Gasteiger partial charge in [0.05, 0.1) is 52.5 Å². The molecule has 5 heterocycles. The molecule has 5 aromatic heterocycles. The molecule has 0 bridgehead atoms. The predicted octanol–water partition coefficient (Wildman–Crippen LogP) is 4.94. The van der Waals surface area contributed by atoms with E-state index in [-0.39, 0.29) is 35.1 Å². The quantitative estimate of drug-likeness (QED) is 0.192. The number of anilines is 1. The van der Waals surface area contributed by atoms with E-state index < -0.39 is 27.1 Å². The minimum absolute atomic E-state index is 0.00188. The molecular formula is C30H27F2N9O3S. The van der Waals surface area contributed by atoms with Crippen LogP contribution in [0.4, 0.5) is 14.5 Å². The third kappa shape index (κ3) is 6.12. The number of imidazole rings is 1. The normalized spacial score (nSPS) is 12.2. The average Bonchev–Trinajstić information content (AvgIpc) is 3.60. The summed E-state index contributed by atoms with van der Waals surface area (Å²) < 4.78 is 56.2. The highest BCUT2D eigenvalue weighted by Gasteiger charge is 2.24. The van der Waals surface area contributed by atoms with E-state index in [0.29, 0.717) is 44.5 Å². The van der Waals surface area contributed by atoms with E-state index in [0.717, 1.165) is 6.26 Å². The molecule has 0 aliphatic rings. The summed E-state index contributed by atoms with van der Waals surface area (Å²) in [4.78, 5) is 33.0. The summed E-state index contributed by atoms with van der Waals surface area (Å²) in [6, 6.07) is 5.76. The Labute approximate surface area is 255 Å². The number of nitrogens with one attached hydrogen (secondary N) is 4.